The van der Waals surface area contributed by atoms with E-state index in [9.17, 15) is 27.6 Å². The molecule has 3 aliphatic rings. The topological polar surface area (TPSA) is 118 Å². The first-order valence-electron chi connectivity index (χ1n) is 13.1. The summed E-state index contributed by atoms with van der Waals surface area (Å²) in [6.45, 7) is 2.39. The zero-order valence-corrected chi connectivity index (χ0v) is 21.0. The number of halogens is 3. The highest BCUT2D eigenvalue weighted by Gasteiger charge is 2.49. The van der Waals surface area contributed by atoms with Gasteiger partial charge in [0.2, 0.25) is 11.8 Å². The molecule has 3 atom stereocenters. The molecule has 9 nitrogen and oxygen atoms in total. The van der Waals surface area contributed by atoms with Crippen LogP contribution in [0.1, 0.15) is 55.1 Å². The van der Waals surface area contributed by atoms with Gasteiger partial charge in [0.25, 0.3) is 5.91 Å². The van der Waals surface area contributed by atoms with Crippen molar-refractivity contribution in [2.75, 3.05) is 5.32 Å². The lowest BCUT2D eigenvalue weighted by Crippen LogP contribution is -2.50. The number of rotatable bonds is 10. The van der Waals surface area contributed by atoms with Crippen molar-refractivity contribution >= 4 is 23.5 Å². The number of nitrogens with zero attached hydrogens (tertiary/aromatic N) is 3. The molecule has 204 valence electrons. The van der Waals surface area contributed by atoms with Gasteiger partial charge in [0.05, 0.1) is 0 Å². The molecule has 0 aromatic carbocycles. The Morgan fingerprint density at radius 2 is 1.87 bits per heavy atom. The molecule has 3 fully saturated rings. The summed E-state index contributed by atoms with van der Waals surface area (Å²) in [6.07, 6.45) is 2.34. The fourth-order valence-electron chi connectivity index (χ4n) is 5.51. The Hall–Kier alpha value is -3.44. The third-order valence-corrected chi connectivity index (χ3v) is 7.70. The normalized spacial score (nSPS) is 22.3. The van der Waals surface area contributed by atoms with Crippen molar-refractivity contribution in [1.82, 2.24) is 25.4 Å². The Bertz CT molecular complexity index is 1190. The van der Waals surface area contributed by atoms with Crippen LogP contribution in [-0.2, 0) is 22.6 Å². The molecule has 2 aliphatic carbocycles. The van der Waals surface area contributed by atoms with Gasteiger partial charge in [-0.1, -0.05) is 0 Å². The summed E-state index contributed by atoms with van der Waals surface area (Å²) in [5.74, 6) is -1.23. The van der Waals surface area contributed by atoms with Gasteiger partial charge in [0, 0.05) is 24.9 Å². The SMILES string of the molecule is CCn1nccc1C(=O)N[C@H](C(=O)Nc1cc(C[C@H]2C[C@@H](C(F)(F)F)NC2=O)ccn1)C(C1CC1)C1CC1. The maximum atomic E-state index is 13.6. The smallest absolute Gasteiger partial charge is 0.344 e. The van der Waals surface area contributed by atoms with Crippen molar-refractivity contribution < 1.29 is 27.6 Å². The molecule has 38 heavy (non-hydrogen) atoms. The lowest BCUT2D eigenvalue weighted by Gasteiger charge is -2.27. The number of amides is 3. The highest BCUT2D eigenvalue weighted by Crippen LogP contribution is 2.51. The molecule has 0 unspecified atom stereocenters. The largest absolute Gasteiger partial charge is 0.408 e. The Kier molecular flexibility index (Phi) is 7.15. The summed E-state index contributed by atoms with van der Waals surface area (Å²) >= 11 is 0. The Balaban J connectivity index is 1.30. The van der Waals surface area contributed by atoms with E-state index < -0.39 is 30.1 Å². The van der Waals surface area contributed by atoms with Gasteiger partial charge in [-0.3, -0.25) is 19.1 Å². The van der Waals surface area contributed by atoms with Crippen LogP contribution >= 0.6 is 0 Å². The number of carbonyl (C=O) groups is 3. The van der Waals surface area contributed by atoms with E-state index in [-0.39, 0.29) is 36.4 Å². The lowest BCUT2D eigenvalue weighted by molar-refractivity contribution is -0.154. The number of alkyl halides is 3. The summed E-state index contributed by atoms with van der Waals surface area (Å²) in [7, 11) is 0. The molecule has 12 heteroatoms. The number of pyridine rings is 1. The van der Waals surface area contributed by atoms with E-state index in [0.29, 0.717) is 29.6 Å². The molecule has 0 bridgehead atoms. The van der Waals surface area contributed by atoms with E-state index in [1.54, 1.807) is 29.1 Å². The minimum atomic E-state index is -4.49. The summed E-state index contributed by atoms with van der Waals surface area (Å²) in [6, 6.07) is 2.19. The van der Waals surface area contributed by atoms with Crippen LogP contribution in [0.4, 0.5) is 19.0 Å². The fourth-order valence-corrected chi connectivity index (χ4v) is 5.51. The van der Waals surface area contributed by atoms with Crippen LogP contribution in [0.25, 0.3) is 0 Å². The Labute approximate surface area is 217 Å². The standard InChI is InChI=1S/C26H31F3N6O3/c1-2-35-18(8-10-31-35)24(37)34-22(21(15-3-4-15)16-5-6-16)25(38)33-20-12-14(7-9-30-20)11-17-13-19(26(27,28)29)32-23(17)36/h7-10,12,15-17,19,21-22H,2-6,11,13H2,1H3,(H,32,36)(H,34,37)(H,30,33,38)/t17-,19-,22-/m0/s1. The maximum Gasteiger partial charge on any atom is 0.408 e. The Morgan fingerprint density at radius 1 is 1.16 bits per heavy atom. The average Bonchev–Trinajstić information content (AvgIpc) is 3.80. The predicted octanol–water partition coefficient (Wildman–Crippen LogP) is 3.08. The van der Waals surface area contributed by atoms with Gasteiger partial charge in [-0.05, 0) is 87.0 Å². The van der Waals surface area contributed by atoms with Crippen LogP contribution in [0, 0.1) is 23.7 Å². The minimum absolute atomic E-state index is 0.0154. The van der Waals surface area contributed by atoms with E-state index >= 15 is 0 Å². The van der Waals surface area contributed by atoms with Gasteiger partial charge < -0.3 is 16.0 Å². The number of hydrogen-bond donors (Lipinski definition) is 3. The maximum absolute atomic E-state index is 13.6. The van der Waals surface area contributed by atoms with Gasteiger partial charge in [0.15, 0.2) is 0 Å². The second-order valence-corrected chi connectivity index (χ2v) is 10.5. The molecule has 1 saturated heterocycles. The van der Waals surface area contributed by atoms with Crippen LogP contribution in [0.5, 0.6) is 0 Å². The summed E-state index contributed by atoms with van der Waals surface area (Å²) in [4.78, 5) is 43.0. The fraction of sp³-hybridized carbons (Fsp3) is 0.577. The summed E-state index contributed by atoms with van der Waals surface area (Å²) in [5, 5.41) is 11.9. The molecule has 2 aromatic rings. The molecule has 3 N–H and O–H groups in total. The molecule has 3 heterocycles. The van der Waals surface area contributed by atoms with Crippen LogP contribution in [0.15, 0.2) is 30.6 Å². The molecule has 5 rings (SSSR count). The molecule has 0 radical (unpaired) electrons. The minimum Gasteiger partial charge on any atom is -0.344 e. The average molecular weight is 533 g/mol. The third-order valence-electron chi connectivity index (χ3n) is 7.70. The zero-order valence-electron chi connectivity index (χ0n) is 21.0. The number of aromatic nitrogens is 3. The van der Waals surface area contributed by atoms with Gasteiger partial charge >= 0.3 is 6.18 Å². The molecule has 0 spiro atoms. The highest BCUT2D eigenvalue weighted by molar-refractivity contribution is 6.00. The summed E-state index contributed by atoms with van der Waals surface area (Å²) in [5.41, 5.74) is 0.967. The van der Waals surface area contributed by atoms with Crippen LogP contribution in [0.3, 0.4) is 0 Å². The second kappa shape index (κ2) is 10.4. The van der Waals surface area contributed by atoms with Gasteiger partial charge in [-0.15, -0.1) is 0 Å². The van der Waals surface area contributed by atoms with E-state index in [1.807, 2.05) is 12.2 Å². The number of anilines is 1. The number of hydrogen-bond acceptors (Lipinski definition) is 5. The third kappa shape index (κ3) is 5.83. The quantitative estimate of drug-likeness (QED) is 0.435. The van der Waals surface area contributed by atoms with Crippen molar-refractivity contribution in [3.05, 3.63) is 41.9 Å². The first-order chi connectivity index (χ1) is 18.1. The number of nitrogens with one attached hydrogen (secondary N) is 3. The molecule has 2 saturated carbocycles. The zero-order chi connectivity index (χ0) is 27.0. The second-order valence-electron chi connectivity index (χ2n) is 10.5. The lowest BCUT2D eigenvalue weighted by atomic mass is 9.88. The Morgan fingerprint density at radius 3 is 2.47 bits per heavy atom. The van der Waals surface area contributed by atoms with E-state index in [1.165, 1.54) is 6.20 Å². The van der Waals surface area contributed by atoms with E-state index in [4.69, 9.17) is 0 Å². The van der Waals surface area contributed by atoms with E-state index in [0.717, 1.165) is 25.7 Å². The van der Waals surface area contributed by atoms with Crippen molar-refractivity contribution in [2.45, 2.75) is 70.3 Å². The molecule has 2 aromatic heterocycles. The van der Waals surface area contributed by atoms with Crippen LogP contribution in [0.2, 0.25) is 0 Å². The molecular formula is C26H31F3N6O3. The van der Waals surface area contributed by atoms with Crippen molar-refractivity contribution in [3.63, 3.8) is 0 Å². The van der Waals surface area contributed by atoms with Crippen LogP contribution in [-0.4, -0.2) is 50.7 Å². The first-order valence-corrected chi connectivity index (χ1v) is 13.1. The molecule has 3 amide bonds. The van der Waals surface area contributed by atoms with Crippen molar-refractivity contribution in [2.24, 2.45) is 23.7 Å². The van der Waals surface area contributed by atoms with Gasteiger partial charge in [-0.25, -0.2) is 4.98 Å². The summed E-state index contributed by atoms with van der Waals surface area (Å²) < 4.78 is 40.7. The van der Waals surface area contributed by atoms with Gasteiger partial charge in [0.1, 0.15) is 23.6 Å². The van der Waals surface area contributed by atoms with Crippen LogP contribution < -0.4 is 16.0 Å². The predicted molar refractivity (Wildman–Crippen MR) is 131 cm³/mol. The van der Waals surface area contributed by atoms with Crippen molar-refractivity contribution in [1.29, 1.82) is 0 Å². The number of aryl methyl sites for hydroxylation is 1. The van der Waals surface area contributed by atoms with E-state index in [2.05, 4.69) is 20.7 Å². The molecular weight excluding hydrogens is 501 g/mol. The first kappa shape index (κ1) is 26.2. The van der Waals surface area contributed by atoms with Gasteiger partial charge in [-0.2, -0.15) is 18.3 Å². The monoisotopic (exact) mass is 532 g/mol. The molecule has 1 aliphatic heterocycles. The van der Waals surface area contributed by atoms with Crippen molar-refractivity contribution in [3.8, 4) is 0 Å². The highest BCUT2D eigenvalue weighted by atomic mass is 19.4. The number of carbonyl (C=O) groups excluding carboxylic acids is 3.